The van der Waals surface area contributed by atoms with E-state index in [0.29, 0.717) is 18.8 Å². The maximum absolute atomic E-state index is 11.8. The van der Waals surface area contributed by atoms with Crippen LogP contribution in [0.5, 0.6) is 0 Å². The molecule has 120 valence electrons. The SMILES string of the molecule is Cc1cn(C2C=C[C@@H](COCc3ccccc3)O2)c(=O)[nH]c1=O. The van der Waals surface area contributed by atoms with Gasteiger partial charge in [-0.2, -0.15) is 0 Å². The molecular weight excluding hydrogens is 296 g/mol. The van der Waals surface area contributed by atoms with Gasteiger partial charge in [0.2, 0.25) is 0 Å². The average molecular weight is 314 g/mol. The monoisotopic (exact) mass is 314 g/mol. The number of nitrogens with one attached hydrogen (secondary N) is 1. The molecule has 2 aromatic rings. The fourth-order valence-electron chi connectivity index (χ4n) is 2.38. The molecule has 2 atom stereocenters. The third kappa shape index (κ3) is 3.67. The average Bonchev–Trinajstić information content (AvgIpc) is 3.00. The molecule has 1 aromatic carbocycles. The molecule has 0 saturated carbocycles. The van der Waals surface area contributed by atoms with Crippen molar-refractivity contribution in [1.29, 1.82) is 0 Å². The highest BCUT2D eigenvalue weighted by atomic mass is 16.5. The van der Waals surface area contributed by atoms with Crippen molar-refractivity contribution in [2.24, 2.45) is 0 Å². The van der Waals surface area contributed by atoms with Crippen LogP contribution in [0, 0.1) is 6.92 Å². The molecule has 1 aliphatic rings. The molecule has 0 amide bonds. The van der Waals surface area contributed by atoms with Crippen molar-refractivity contribution < 1.29 is 9.47 Å². The molecule has 6 heteroatoms. The standard InChI is InChI=1S/C17H18N2O4/c1-12-9-19(17(21)18-16(12)20)15-8-7-14(23-15)11-22-10-13-5-3-2-4-6-13/h2-9,14-15H,10-11H2,1H3,(H,18,20,21)/t14-,15?/m0/s1. The van der Waals surface area contributed by atoms with Gasteiger partial charge in [0, 0.05) is 11.8 Å². The van der Waals surface area contributed by atoms with Crippen LogP contribution >= 0.6 is 0 Å². The molecule has 3 rings (SSSR count). The Kier molecular flexibility index (Phi) is 4.55. The number of hydrogen-bond acceptors (Lipinski definition) is 4. The normalized spacial score (nSPS) is 20.0. The first-order valence-electron chi connectivity index (χ1n) is 7.41. The summed E-state index contributed by atoms with van der Waals surface area (Å²) < 4.78 is 12.8. The Morgan fingerprint density at radius 3 is 2.78 bits per heavy atom. The van der Waals surface area contributed by atoms with Crippen LogP contribution in [0.2, 0.25) is 0 Å². The van der Waals surface area contributed by atoms with Crippen LogP contribution in [-0.4, -0.2) is 22.3 Å². The van der Waals surface area contributed by atoms with Crippen molar-refractivity contribution in [1.82, 2.24) is 9.55 Å². The number of nitrogens with zero attached hydrogens (tertiary/aromatic N) is 1. The second-order valence-electron chi connectivity index (χ2n) is 5.43. The number of rotatable bonds is 5. The summed E-state index contributed by atoms with van der Waals surface area (Å²) in [6, 6.07) is 9.88. The summed E-state index contributed by atoms with van der Waals surface area (Å²) in [5, 5.41) is 0. The minimum Gasteiger partial charge on any atom is -0.374 e. The first-order chi connectivity index (χ1) is 11.1. The number of hydrogen-bond donors (Lipinski definition) is 1. The molecule has 2 heterocycles. The molecule has 0 saturated heterocycles. The van der Waals surface area contributed by atoms with Crippen molar-refractivity contribution in [3.8, 4) is 0 Å². The van der Waals surface area contributed by atoms with Gasteiger partial charge in [-0.15, -0.1) is 0 Å². The van der Waals surface area contributed by atoms with Gasteiger partial charge in [0.15, 0.2) is 6.23 Å². The summed E-state index contributed by atoms with van der Waals surface area (Å²) in [7, 11) is 0. The minimum absolute atomic E-state index is 0.220. The van der Waals surface area contributed by atoms with Crippen LogP contribution in [0.4, 0.5) is 0 Å². The molecule has 0 fully saturated rings. The maximum Gasteiger partial charge on any atom is 0.330 e. The molecule has 1 aromatic heterocycles. The van der Waals surface area contributed by atoms with Gasteiger partial charge in [-0.1, -0.05) is 36.4 Å². The van der Waals surface area contributed by atoms with E-state index in [1.54, 1.807) is 13.0 Å². The van der Waals surface area contributed by atoms with E-state index in [1.165, 1.54) is 10.8 Å². The molecule has 0 bridgehead atoms. The lowest BCUT2D eigenvalue weighted by atomic mass is 10.2. The Bertz CT molecular complexity index is 807. The van der Waals surface area contributed by atoms with Gasteiger partial charge in [-0.25, -0.2) is 4.79 Å². The molecule has 0 radical (unpaired) electrons. The number of benzene rings is 1. The van der Waals surface area contributed by atoms with E-state index in [2.05, 4.69) is 4.98 Å². The summed E-state index contributed by atoms with van der Waals surface area (Å²) >= 11 is 0. The summed E-state index contributed by atoms with van der Waals surface area (Å²) in [4.78, 5) is 25.5. The molecule has 0 spiro atoms. The third-order valence-corrected chi connectivity index (χ3v) is 3.62. The number of H-pyrrole nitrogens is 1. The topological polar surface area (TPSA) is 73.3 Å². The summed E-state index contributed by atoms with van der Waals surface area (Å²) in [6.45, 7) is 2.56. The minimum atomic E-state index is -0.525. The number of aryl methyl sites for hydroxylation is 1. The maximum atomic E-state index is 11.8. The van der Waals surface area contributed by atoms with E-state index >= 15 is 0 Å². The molecule has 23 heavy (non-hydrogen) atoms. The molecule has 1 N–H and O–H groups in total. The van der Waals surface area contributed by atoms with Crippen molar-refractivity contribution in [2.45, 2.75) is 25.9 Å². The van der Waals surface area contributed by atoms with E-state index in [4.69, 9.17) is 9.47 Å². The third-order valence-electron chi connectivity index (χ3n) is 3.62. The zero-order chi connectivity index (χ0) is 16.2. The Morgan fingerprint density at radius 2 is 2.00 bits per heavy atom. The molecular formula is C17H18N2O4. The fourth-order valence-corrected chi connectivity index (χ4v) is 2.38. The second kappa shape index (κ2) is 6.76. The van der Waals surface area contributed by atoms with E-state index in [1.807, 2.05) is 36.4 Å². The lowest BCUT2D eigenvalue weighted by molar-refractivity contribution is -0.0343. The van der Waals surface area contributed by atoms with Crippen molar-refractivity contribution in [3.63, 3.8) is 0 Å². The quantitative estimate of drug-likeness (QED) is 0.849. The molecule has 0 aliphatic carbocycles. The van der Waals surface area contributed by atoms with Gasteiger partial charge in [0.05, 0.1) is 13.2 Å². The summed E-state index contributed by atoms with van der Waals surface area (Å²) in [6.07, 6.45) is 4.41. The van der Waals surface area contributed by atoms with Crippen molar-refractivity contribution in [2.75, 3.05) is 6.61 Å². The van der Waals surface area contributed by atoms with Crippen LogP contribution in [0.3, 0.4) is 0 Å². The highest BCUT2D eigenvalue weighted by Crippen LogP contribution is 2.20. The van der Waals surface area contributed by atoms with Crippen LogP contribution < -0.4 is 11.2 Å². The highest BCUT2D eigenvalue weighted by molar-refractivity contribution is 5.13. The molecule has 1 aliphatic heterocycles. The summed E-state index contributed by atoms with van der Waals surface area (Å²) in [5.41, 5.74) is 0.695. The van der Waals surface area contributed by atoms with Gasteiger partial charge < -0.3 is 9.47 Å². The zero-order valence-corrected chi connectivity index (χ0v) is 12.8. The van der Waals surface area contributed by atoms with Crippen LogP contribution in [-0.2, 0) is 16.1 Å². The van der Waals surface area contributed by atoms with E-state index in [-0.39, 0.29) is 11.7 Å². The lowest BCUT2D eigenvalue weighted by Gasteiger charge is -2.16. The second-order valence-corrected chi connectivity index (χ2v) is 5.43. The largest absolute Gasteiger partial charge is 0.374 e. The Hall–Kier alpha value is -2.44. The summed E-state index contributed by atoms with van der Waals surface area (Å²) in [5.74, 6) is 0. The predicted molar refractivity (Wildman–Crippen MR) is 85.2 cm³/mol. The van der Waals surface area contributed by atoms with Crippen LogP contribution in [0.15, 0.2) is 58.3 Å². The van der Waals surface area contributed by atoms with Crippen LogP contribution in [0.1, 0.15) is 17.4 Å². The van der Waals surface area contributed by atoms with E-state index < -0.39 is 11.9 Å². The highest BCUT2D eigenvalue weighted by Gasteiger charge is 2.22. The van der Waals surface area contributed by atoms with Crippen LogP contribution in [0.25, 0.3) is 0 Å². The number of ether oxygens (including phenoxy) is 2. The van der Waals surface area contributed by atoms with Gasteiger partial charge in [0.1, 0.15) is 6.10 Å². The van der Waals surface area contributed by atoms with Gasteiger partial charge in [-0.05, 0) is 18.6 Å². The Labute approximate surface area is 133 Å². The zero-order valence-electron chi connectivity index (χ0n) is 12.8. The smallest absolute Gasteiger partial charge is 0.330 e. The molecule has 1 unspecified atom stereocenters. The Balaban J connectivity index is 1.57. The first-order valence-corrected chi connectivity index (χ1v) is 7.41. The Morgan fingerprint density at radius 1 is 1.22 bits per heavy atom. The fraction of sp³-hybridized carbons (Fsp3) is 0.294. The van der Waals surface area contributed by atoms with Gasteiger partial charge >= 0.3 is 5.69 Å². The van der Waals surface area contributed by atoms with E-state index in [9.17, 15) is 9.59 Å². The van der Waals surface area contributed by atoms with Crippen molar-refractivity contribution >= 4 is 0 Å². The first kappa shape index (κ1) is 15.5. The van der Waals surface area contributed by atoms with Gasteiger partial charge in [0.25, 0.3) is 5.56 Å². The van der Waals surface area contributed by atoms with E-state index in [0.717, 1.165) is 5.56 Å². The predicted octanol–water partition coefficient (Wildman–Crippen LogP) is 1.52. The van der Waals surface area contributed by atoms with Gasteiger partial charge in [-0.3, -0.25) is 14.3 Å². The van der Waals surface area contributed by atoms with Crippen molar-refractivity contribution in [3.05, 3.63) is 80.6 Å². The lowest BCUT2D eigenvalue weighted by Crippen LogP contribution is -2.33. The number of aromatic amines is 1. The number of aromatic nitrogens is 2. The molecule has 6 nitrogen and oxygen atoms in total.